The molecule has 2 heterocycles. The third-order valence-corrected chi connectivity index (χ3v) is 5.02. The second-order valence-corrected chi connectivity index (χ2v) is 7.19. The minimum Gasteiger partial charge on any atom is -0.440 e. The van der Waals surface area contributed by atoms with Crippen molar-refractivity contribution in [3.8, 4) is 17.0 Å². The van der Waals surface area contributed by atoms with Crippen molar-refractivity contribution in [2.75, 3.05) is 0 Å². The lowest BCUT2D eigenvalue weighted by Crippen LogP contribution is -1.95. The van der Waals surface area contributed by atoms with Crippen molar-refractivity contribution in [1.29, 1.82) is 0 Å². The molecule has 8 heteroatoms. The minimum absolute atomic E-state index is 0.535. The standard InChI is InChI=1S/C18H12Cl2N4OS/c19-13-6-4-12(5-7-13)16-9-21-17(25-16)10-26-18-23-22-11-24(18)15-3-1-2-14(20)8-15/h1-9,11H,10H2. The van der Waals surface area contributed by atoms with Crippen molar-refractivity contribution >= 4 is 35.0 Å². The van der Waals surface area contributed by atoms with Gasteiger partial charge < -0.3 is 4.42 Å². The van der Waals surface area contributed by atoms with E-state index >= 15 is 0 Å². The van der Waals surface area contributed by atoms with E-state index in [2.05, 4.69) is 15.2 Å². The van der Waals surface area contributed by atoms with E-state index in [0.717, 1.165) is 16.4 Å². The number of benzene rings is 2. The Bertz CT molecular complexity index is 1030. The number of hydrogen-bond donors (Lipinski definition) is 0. The average Bonchev–Trinajstić information content (AvgIpc) is 3.30. The summed E-state index contributed by atoms with van der Waals surface area (Å²) in [4.78, 5) is 4.33. The molecule has 0 unspecified atom stereocenters. The van der Waals surface area contributed by atoms with Gasteiger partial charge in [0.25, 0.3) is 0 Å². The lowest BCUT2D eigenvalue weighted by molar-refractivity contribution is 0.529. The highest BCUT2D eigenvalue weighted by Gasteiger charge is 2.11. The summed E-state index contributed by atoms with van der Waals surface area (Å²) in [5, 5.41) is 10.2. The van der Waals surface area contributed by atoms with Crippen LogP contribution in [0.3, 0.4) is 0 Å². The molecule has 5 nitrogen and oxygen atoms in total. The zero-order chi connectivity index (χ0) is 17.9. The lowest BCUT2D eigenvalue weighted by atomic mass is 10.2. The van der Waals surface area contributed by atoms with Crippen LogP contribution in [0.25, 0.3) is 17.0 Å². The van der Waals surface area contributed by atoms with E-state index in [1.54, 1.807) is 12.5 Å². The monoisotopic (exact) mass is 402 g/mol. The topological polar surface area (TPSA) is 56.7 Å². The zero-order valence-corrected chi connectivity index (χ0v) is 15.7. The van der Waals surface area contributed by atoms with Gasteiger partial charge in [0.2, 0.25) is 5.89 Å². The Labute approximate surface area is 164 Å². The van der Waals surface area contributed by atoms with Gasteiger partial charge in [-0.05, 0) is 42.5 Å². The summed E-state index contributed by atoms with van der Waals surface area (Å²) >= 11 is 13.5. The van der Waals surface area contributed by atoms with Gasteiger partial charge in [-0.1, -0.05) is 41.0 Å². The van der Waals surface area contributed by atoms with Crippen LogP contribution >= 0.6 is 35.0 Å². The summed E-state index contributed by atoms with van der Waals surface area (Å²) in [7, 11) is 0. The Hall–Kier alpha value is -2.28. The molecule has 0 saturated heterocycles. The van der Waals surface area contributed by atoms with Gasteiger partial charge in [0.1, 0.15) is 6.33 Å². The van der Waals surface area contributed by atoms with Gasteiger partial charge in [0.15, 0.2) is 10.9 Å². The highest BCUT2D eigenvalue weighted by atomic mass is 35.5. The summed E-state index contributed by atoms with van der Waals surface area (Å²) in [6, 6.07) is 15.0. The summed E-state index contributed by atoms with van der Waals surface area (Å²) in [6.07, 6.45) is 3.36. The van der Waals surface area contributed by atoms with Gasteiger partial charge in [-0.25, -0.2) is 4.98 Å². The van der Waals surface area contributed by atoms with Crippen LogP contribution < -0.4 is 0 Å². The average molecular weight is 403 g/mol. The molecule has 0 aliphatic heterocycles. The first-order chi connectivity index (χ1) is 12.7. The highest BCUT2D eigenvalue weighted by Crippen LogP contribution is 2.27. The van der Waals surface area contributed by atoms with Crippen molar-refractivity contribution in [3.63, 3.8) is 0 Å². The van der Waals surface area contributed by atoms with Crippen molar-refractivity contribution in [3.05, 3.63) is 77.0 Å². The first kappa shape index (κ1) is 17.1. The lowest BCUT2D eigenvalue weighted by Gasteiger charge is -2.05. The Morgan fingerprint density at radius 3 is 2.69 bits per heavy atom. The molecule has 0 bridgehead atoms. The maximum Gasteiger partial charge on any atom is 0.205 e. The largest absolute Gasteiger partial charge is 0.440 e. The Morgan fingerprint density at radius 2 is 1.88 bits per heavy atom. The van der Waals surface area contributed by atoms with E-state index in [1.165, 1.54) is 11.8 Å². The van der Waals surface area contributed by atoms with E-state index in [-0.39, 0.29) is 0 Å². The van der Waals surface area contributed by atoms with Crippen molar-refractivity contribution in [1.82, 2.24) is 19.7 Å². The van der Waals surface area contributed by atoms with Crippen molar-refractivity contribution in [2.45, 2.75) is 10.9 Å². The van der Waals surface area contributed by atoms with Gasteiger partial charge in [-0.3, -0.25) is 4.57 Å². The minimum atomic E-state index is 0.535. The maximum atomic E-state index is 6.06. The molecule has 0 fully saturated rings. The zero-order valence-electron chi connectivity index (χ0n) is 13.3. The third kappa shape index (κ3) is 3.77. The molecular formula is C18H12Cl2N4OS. The van der Waals surface area contributed by atoms with E-state index in [0.29, 0.717) is 27.4 Å². The quantitative estimate of drug-likeness (QED) is 0.411. The number of rotatable bonds is 5. The van der Waals surface area contributed by atoms with Crippen molar-refractivity contribution < 1.29 is 4.42 Å². The molecule has 0 atom stereocenters. The second kappa shape index (κ2) is 7.53. The smallest absolute Gasteiger partial charge is 0.205 e. The normalized spacial score (nSPS) is 11.0. The SMILES string of the molecule is Clc1ccc(-c2cnc(CSc3nncn3-c3cccc(Cl)c3)o2)cc1. The molecular weight excluding hydrogens is 391 g/mol. The van der Waals surface area contributed by atoms with Crippen LogP contribution in [0.4, 0.5) is 0 Å². The molecule has 0 saturated carbocycles. The molecule has 0 radical (unpaired) electrons. The Kier molecular flexibility index (Phi) is 4.97. The number of hydrogen-bond acceptors (Lipinski definition) is 5. The molecule has 0 amide bonds. The van der Waals surface area contributed by atoms with E-state index in [9.17, 15) is 0 Å². The maximum absolute atomic E-state index is 6.06. The number of oxazole rings is 1. The summed E-state index contributed by atoms with van der Waals surface area (Å²) in [5.74, 6) is 1.85. The van der Waals surface area contributed by atoms with Crippen LogP contribution in [0.15, 0.2) is 70.6 Å². The van der Waals surface area contributed by atoms with E-state index < -0.39 is 0 Å². The number of nitrogens with zero attached hydrogens (tertiary/aromatic N) is 4. The fourth-order valence-corrected chi connectivity index (χ4v) is 3.47. The molecule has 4 rings (SSSR count). The van der Waals surface area contributed by atoms with Crippen LogP contribution in [0.1, 0.15) is 5.89 Å². The highest BCUT2D eigenvalue weighted by molar-refractivity contribution is 7.98. The second-order valence-electron chi connectivity index (χ2n) is 5.38. The number of thioether (sulfide) groups is 1. The van der Waals surface area contributed by atoms with Gasteiger partial charge in [0, 0.05) is 15.6 Å². The fourth-order valence-electron chi connectivity index (χ4n) is 2.38. The van der Waals surface area contributed by atoms with Crippen LogP contribution in [-0.4, -0.2) is 19.7 Å². The third-order valence-electron chi connectivity index (χ3n) is 3.61. The molecule has 130 valence electrons. The molecule has 26 heavy (non-hydrogen) atoms. The first-order valence-corrected chi connectivity index (χ1v) is 9.42. The van der Waals surface area contributed by atoms with Crippen LogP contribution in [0.2, 0.25) is 10.0 Å². The Morgan fingerprint density at radius 1 is 1.04 bits per heavy atom. The fraction of sp³-hybridized carbons (Fsp3) is 0.0556. The predicted octanol–water partition coefficient (Wildman–Crippen LogP) is 5.52. The van der Waals surface area contributed by atoms with Crippen molar-refractivity contribution in [2.24, 2.45) is 0 Å². The van der Waals surface area contributed by atoms with Gasteiger partial charge in [0.05, 0.1) is 17.6 Å². The molecule has 2 aromatic heterocycles. The Balaban J connectivity index is 1.49. The summed E-state index contributed by atoms with van der Waals surface area (Å²) in [6.45, 7) is 0. The number of aromatic nitrogens is 4. The van der Waals surface area contributed by atoms with E-state index in [1.807, 2.05) is 53.1 Å². The molecule has 0 aliphatic carbocycles. The van der Waals surface area contributed by atoms with Gasteiger partial charge in [-0.15, -0.1) is 10.2 Å². The molecule has 0 N–H and O–H groups in total. The van der Waals surface area contributed by atoms with Crippen LogP contribution in [0.5, 0.6) is 0 Å². The van der Waals surface area contributed by atoms with Gasteiger partial charge in [-0.2, -0.15) is 0 Å². The number of halogens is 2. The first-order valence-electron chi connectivity index (χ1n) is 7.68. The molecule has 4 aromatic rings. The summed E-state index contributed by atoms with van der Waals surface area (Å²) in [5.41, 5.74) is 1.83. The molecule has 0 spiro atoms. The van der Waals surface area contributed by atoms with E-state index in [4.69, 9.17) is 27.6 Å². The molecule has 0 aliphatic rings. The van der Waals surface area contributed by atoms with Gasteiger partial charge >= 0.3 is 0 Å². The predicted molar refractivity (Wildman–Crippen MR) is 103 cm³/mol. The summed E-state index contributed by atoms with van der Waals surface area (Å²) < 4.78 is 7.69. The molecule has 2 aromatic carbocycles. The van der Waals surface area contributed by atoms with Crippen LogP contribution in [0, 0.1) is 0 Å². The van der Waals surface area contributed by atoms with Crippen LogP contribution in [-0.2, 0) is 5.75 Å².